The molecular weight excluding hydrogens is 255 g/mol. The lowest BCUT2D eigenvalue weighted by Crippen LogP contribution is -2.25. The third-order valence-corrected chi connectivity index (χ3v) is 2.84. The molecule has 19 heavy (non-hydrogen) atoms. The number of halogens is 3. The van der Waals surface area contributed by atoms with Crippen LogP contribution in [0.1, 0.15) is 18.1 Å². The third kappa shape index (κ3) is 6.07. The van der Waals surface area contributed by atoms with Crippen molar-refractivity contribution in [3.05, 3.63) is 35.4 Å². The molecule has 0 aromatic heterocycles. The fourth-order valence-electron chi connectivity index (χ4n) is 1.83. The summed E-state index contributed by atoms with van der Waals surface area (Å²) >= 11 is 0. The Labute approximate surface area is 112 Å². The van der Waals surface area contributed by atoms with Crippen LogP contribution < -0.4 is 5.32 Å². The molecule has 0 radical (unpaired) electrons. The van der Waals surface area contributed by atoms with Crippen molar-refractivity contribution >= 4 is 0 Å². The molecule has 1 aromatic rings. The fraction of sp³-hybridized carbons (Fsp3) is 0.571. The van der Waals surface area contributed by atoms with Crippen molar-refractivity contribution in [1.82, 2.24) is 5.32 Å². The number of benzene rings is 1. The van der Waals surface area contributed by atoms with Crippen molar-refractivity contribution < 1.29 is 17.9 Å². The average Bonchev–Trinajstić information content (AvgIpc) is 2.34. The van der Waals surface area contributed by atoms with Gasteiger partial charge in [-0.15, -0.1) is 0 Å². The Balaban J connectivity index is 2.40. The van der Waals surface area contributed by atoms with Crippen LogP contribution in [0.5, 0.6) is 0 Å². The van der Waals surface area contributed by atoms with Gasteiger partial charge in [-0.05, 0) is 36.6 Å². The largest absolute Gasteiger partial charge is 0.416 e. The van der Waals surface area contributed by atoms with E-state index in [1.54, 1.807) is 19.2 Å². The van der Waals surface area contributed by atoms with E-state index in [0.717, 1.165) is 37.2 Å². The minimum Gasteiger partial charge on any atom is -0.383 e. The molecule has 0 aliphatic heterocycles. The number of ether oxygens (including phenoxy) is 1. The summed E-state index contributed by atoms with van der Waals surface area (Å²) in [5, 5.41) is 3.24. The molecule has 1 atom stereocenters. The molecule has 0 fully saturated rings. The van der Waals surface area contributed by atoms with Crippen LogP contribution in [0.3, 0.4) is 0 Å². The van der Waals surface area contributed by atoms with E-state index in [4.69, 9.17) is 4.74 Å². The highest BCUT2D eigenvalue weighted by Gasteiger charge is 2.29. The zero-order valence-corrected chi connectivity index (χ0v) is 11.3. The first-order valence-electron chi connectivity index (χ1n) is 6.29. The van der Waals surface area contributed by atoms with Crippen LogP contribution in [0, 0.1) is 5.92 Å². The maximum Gasteiger partial charge on any atom is 0.416 e. The van der Waals surface area contributed by atoms with E-state index in [1.807, 2.05) is 0 Å². The van der Waals surface area contributed by atoms with Crippen molar-refractivity contribution in [1.29, 1.82) is 0 Å². The van der Waals surface area contributed by atoms with Gasteiger partial charge in [-0.3, -0.25) is 0 Å². The minimum atomic E-state index is -4.26. The van der Waals surface area contributed by atoms with Gasteiger partial charge in [0, 0.05) is 13.7 Å². The Kier molecular flexibility index (Phi) is 6.31. The van der Waals surface area contributed by atoms with Crippen LogP contribution in [0.2, 0.25) is 0 Å². The molecule has 0 amide bonds. The van der Waals surface area contributed by atoms with E-state index in [1.165, 1.54) is 0 Å². The highest BCUT2D eigenvalue weighted by molar-refractivity contribution is 5.24. The summed E-state index contributed by atoms with van der Waals surface area (Å²) in [7, 11) is 1.65. The van der Waals surface area contributed by atoms with E-state index in [-0.39, 0.29) is 0 Å². The summed E-state index contributed by atoms with van der Waals surface area (Å²) < 4.78 is 42.1. The first-order valence-corrected chi connectivity index (χ1v) is 6.29. The zero-order valence-electron chi connectivity index (χ0n) is 11.3. The monoisotopic (exact) mass is 275 g/mol. The fourth-order valence-corrected chi connectivity index (χ4v) is 1.83. The topological polar surface area (TPSA) is 21.3 Å². The molecular formula is C14H20F3NO. The van der Waals surface area contributed by atoms with E-state index in [9.17, 15) is 13.2 Å². The number of nitrogens with one attached hydrogen (secondary N) is 1. The predicted octanol–water partition coefficient (Wildman–Crippen LogP) is 3.12. The van der Waals surface area contributed by atoms with Gasteiger partial charge in [0.05, 0.1) is 12.2 Å². The summed E-state index contributed by atoms with van der Waals surface area (Å²) in [6, 6.07) is 5.38. The summed E-state index contributed by atoms with van der Waals surface area (Å²) in [6.45, 7) is 4.34. The average molecular weight is 275 g/mol. The minimum absolute atomic E-state index is 0.369. The van der Waals surface area contributed by atoms with Gasteiger partial charge in [0.2, 0.25) is 0 Å². The lowest BCUT2D eigenvalue weighted by Gasteiger charge is -2.13. The highest BCUT2D eigenvalue weighted by atomic mass is 19.4. The van der Waals surface area contributed by atoms with Gasteiger partial charge < -0.3 is 10.1 Å². The van der Waals surface area contributed by atoms with Crippen molar-refractivity contribution in [2.24, 2.45) is 5.92 Å². The van der Waals surface area contributed by atoms with Crippen LogP contribution >= 0.6 is 0 Å². The second kappa shape index (κ2) is 7.50. The molecule has 0 spiro atoms. The van der Waals surface area contributed by atoms with Gasteiger partial charge in [-0.25, -0.2) is 0 Å². The molecule has 0 saturated carbocycles. The van der Waals surface area contributed by atoms with Crippen LogP contribution in [0.25, 0.3) is 0 Å². The number of hydrogen-bond acceptors (Lipinski definition) is 2. The van der Waals surface area contributed by atoms with E-state index >= 15 is 0 Å². The molecule has 108 valence electrons. The normalized spacial score (nSPS) is 13.5. The molecule has 2 nitrogen and oxygen atoms in total. The number of alkyl halides is 3. The van der Waals surface area contributed by atoms with Gasteiger partial charge in [-0.2, -0.15) is 13.2 Å². The summed E-state index contributed by atoms with van der Waals surface area (Å²) in [4.78, 5) is 0. The SMILES string of the molecule is COCCNCC(C)Cc1ccc(C(F)(F)F)cc1. The van der Waals surface area contributed by atoms with Crippen molar-refractivity contribution in [3.63, 3.8) is 0 Å². The molecule has 5 heteroatoms. The summed E-state index contributed by atoms with van der Waals surface area (Å²) in [5.74, 6) is 0.369. The second-order valence-electron chi connectivity index (χ2n) is 4.70. The lowest BCUT2D eigenvalue weighted by atomic mass is 10.00. The Morgan fingerprint density at radius 1 is 1.21 bits per heavy atom. The Morgan fingerprint density at radius 2 is 1.84 bits per heavy atom. The zero-order chi connectivity index (χ0) is 14.3. The molecule has 0 bridgehead atoms. The molecule has 1 rings (SSSR count). The predicted molar refractivity (Wildman–Crippen MR) is 69.1 cm³/mol. The van der Waals surface area contributed by atoms with E-state index < -0.39 is 11.7 Å². The first-order chi connectivity index (χ1) is 8.93. The van der Waals surface area contributed by atoms with Gasteiger partial charge >= 0.3 is 6.18 Å². The molecule has 0 aliphatic carbocycles. The molecule has 0 aliphatic rings. The second-order valence-corrected chi connectivity index (χ2v) is 4.70. The van der Waals surface area contributed by atoms with Crippen LogP contribution in [0.4, 0.5) is 13.2 Å². The molecule has 1 N–H and O–H groups in total. The Hall–Kier alpha value is -1.07. The van der Waals surface area contributed by atoms with Crippen molar-refractivity contribution in [2.45, 2.75) is 19.5 Å². The smallest absolute Gasteiger partial charge is 0.383 e. The van der Waals surface area contributed by atoms with E-state index in [0.29, 0.717) is 12.5 Å². The van der Waals surface area contributed by atoms with Crippen LogP contribution in [-0.2, 0) is 17.3 Å². The van der Waals surface area contributed by atoms with Crippen LogP contribution in [-0.4, -0.2) is 26.8 Å². The third-order valence-electron chi connectivity index (χ3n) is 2.84. The standard InChI is InChI=1S/C14H20F3NO/c1-11(10-18-7-8-19-2)9-12-3-5-13(6-4-12)14(15,16)17/h3-6,11,18H,7-10H2,1-2H3. The number of rotatable bonds is 7. The van der Waals surface area contributed by atoms with Crippen LogP contribution in [0.15, 0.2) is 24.3 Å². The van der Waals surface area contributed by atoms with Gasteiger partial charge in [0.15, 0.2) is 0 Å². The van der Waals surface area contributed by atoms with Crippen molar-refractivity contribution in [3.8, 4) is 0 Å². The first kappa shape index (κ1) is 16.0. The van der Waals surface area contributed by atoms with Gasteiger partial charge in [-0.1, -0.05) is 19.1 Å². The number of hydrogen-bond donors (Lipinski definition) is 1. The maximum absolute atomic E-state index is 12.4. The Morgan fingerprint density at radius 3 is 2.37 bits per heavy atom. The van der Waals surface area contributed by atoms with Gasteiger partial charge in [0.1, 0.15) is 0 Å². The molecule has 1 aromatic carbocycles. The number of methoxy groups -OCH3 is 1. The summed E-state index contributed by atoms with van der Waals surface area (Å²) in [6.07, 6.45) is -3.50. The lowest BCUT2D eigenvalue weighted by molar-refractivity contribution is -0.137. The molecule has 0 heterocycles. The highest BCUT2D eigenvalue weighted by Crippen LogP contribution is 2.29. The van der Waals surface area contributed by atoms with Gasteiger partial charge in [0.25, 0.3) is 0 Å². The van der Waals surface area contributed by atoms with Crippen molar-refractivity contribution in [2.75, 3.05) is 26.8 Å². The maximum atomic E-state index is 12.4. The summed E-state index contributed by atoms with van der Waals surface area (Å²) in [5.41, 5.74) is 0.330. The Bertz CT molecular complexity index is 362. The molecule has 0 saturated heterocycles. The molecule has 1 unspecified atom stereocenters. The quantitative estimate of drug-likeness (QED) is 0.772. The van der Waals surface area contributed by atoms with E-state index in [2.05, 4.69) is 12.2 Å².